The molecule has 0 aliphatic rings. The Labute approximate surface area is 130 Å². The van der Waals surface area contributed by atoms with Crippen molar-refractivity contribution in [2.75, 3.05) is 7.05 Å². The van der Waals surface area contributed by atoms with Crippen molar-refractivity contribution < 1.29 is 14.6 Å². The Bertz CT molecular complexity index is 639. The van der Waals surface area contributed by atoms with E-state index in [1.54, 1.807) is 18.3 Å². The third-order valence-corrected chi connectivity index (χ3v) is 3.47. The van der Waals surface area contributed by atoms with E-state index in [4.69, 9.17) is 9.84 Å². The van der Waals surface area contributed by atoms with E-state index in [1.807, 2.05) is 19.2 Å². The standard InChI is InChI=1S/C17H20N2O3/c1-12(2)19(3)11-14-5-4-10-18-16(14)22-15-8-6-13(7-9-15)17(20)21/h4-10,12H,11H2,1-3H3,(H,20,21). The summed E-state index contributed by atoms with van der Waals surface area (Å²) in [4.78, 5) is 17.3. The summed E-state index contributed by atoms with van der Waals surface area (Å²) < 4.78 is 5.79. The van der Waals surface area contributed by atoms with Crippen LogP contribution in [0.5, 0.6) is 11.6 Å². The highest BCUT2D eigenvalue weighted by Gasteiger charge is 2.11. The number of hydrogen-bond donors (Lipinski definition) is 1. The number of carboxylic acids is 1. The molecule has 0 bridgehead atoms. The van der Waals surface area contributed by atoms with E-state index < -0.39 is 5.97 Å². The van der Waals surface area contributed by atoms with Crippen molar-refractivity contribution >= 4 is 5.97 Å². The molecule has 0 aliphatic carbocycles. The molecule has 0 saturated carbocycles. The van der Waals surface area contributed by atoms with Crippen molar-refractivity contribution in [3.63, 3.8) is 0 Å². The van der Waals surface area contributed by atoms with Gasteiger partial charge in [0.05, 0.1) is 5.56 Å². The molecule has 1 aromatic carbocycles. The van der Waals surface area contributed by atoms with Gasteiger partial charge in [-0.25, -0.2) is 9.78 Å². The smallest absolute Gasteiger partial charge is 0.335 e. The fourth-order valence-electron chi connectivity index (χ4n) is 1.86. The lowest BCUT2D eigenvalue weighted by Crippen LogP contribution is -2.25. The lowest BCUT2D eigenvalue weighted by atomic mass is 10.2. The van der Waals surface area contributed by atoms with Gasteiger partial charge >= 0.3 is 5.97 Å². The number of hydrogen-bond acceptors (Lipinski definition) is 4. The molecule has 1 aromatic heterocycles. The van der Waals surface area contributed by atoms with Crippen LogP contribution in [0.4, 0.5) is 0 Å². The molecule has 0 spiro atoms. The van der Waals surface area contributed by atoms with Crippen LogP contribution < -0.4 is 4.74 Å². The number of benzene rings is 1. The van der Waals surface area contributed by atoms with Crippen LogP contribution in [0, 0.1) is 0 Å². The zero-order valence-corrected chi connectivity index (χ0v) is 13.0. The van der Waals surface area contributed by atoms with E-state index in [-0.39, 0.29) is 5.56 Å². The number of nitrogens with zero attached hydrogens (tertiary/aromatic N) is 2. The summed E-state index contributed by atoms with van der Waals surface area (Å²) in [5.41, 5.74) is 1.22. The van der Waals surface area contributed by atoms with Crippen molar-refractivity contribution in [3.8, 4) is 11.6 Å². The highest BCUT2D eigenvalue weighted by atomic mass is 16.5. The second kappa shape index (κ2) is 7.04. The van der Waals surface area contributed by atoms with Crippen molar-refractivity contribution in [1.82, 2.24) is 9.88 Å². The maximum absolute atomic E-state index is 10.9. The molecule has 0 aliphatic heterocycles. The van der Waals surface area contributed by atoms with Crippen molar-refractivity contribution in [1.29, 1.82) is 0 Å². The van der Waals surface area contributed by atoms with Crippen LogP contribution in [-0.4, -0.2) is 34.0 Å². The summed E-state index contributed by atoms with van der Waals surface area (Å²) >= 11 is 0. The van der Waals surface area contributed by atoms with Crippen LogP contribution in [0.25, 0.3) is 0 Å². The van der Waals surface area contributed by atoms with Crippen LogP contribution in [0.1, 0.15) is 29.8 Å². The summed E-state index contributed by atoms with van der Waals surface area (Å²) in [6.45, 7) is 4.98. The van der Waals surface area contributed by atoms with Gasteiger partial charge in [-0.2, -0.15) is 0 Å². The van der Waals surface area contributed by atoms with E-state index >= 15 is 0 Å². The predicted octanol–water partition coefficient (Wildman–Crippen LogP) is 3.41. The highest BCUT2D eigenvalue weighted by molar-refractivity contribution is 5.87. The van der Waals surface area contributed by atoms with Gasteiger partial charge in [-0.3, -0.25) is 4.90 Å². The Morgan fingerprint density at radius 2 is 1.95 bits per heavy atom. The Morgan fingerprint density at radius 1 is 1.27 bits per heavy atom. The van der Waals surface area contributed by atoms with Gasteiger partial charge in [0.25, 0.3) is 0 Å². The number of aromatic nitrogens is 1. The topological polar surface area (TPSA) is 62.7 Å². The molecule has 116 valence electrons. The number of ether oxygens (including phenoxy) is 1. The molecular weight excluding hydrogens is 280 g/mol. The summed E-state index contributed by atoms with van der Waals surface area (Å²) in [7, 11) is 2.04. The lowest BCUT2D eigenvalue weighted by Gasteiger charge is -2.21. The molecular formula is C17H20N2O3. The summed E-state index contributed by atoms with van der Waals surface area (Å²) in [6, 6.07) is 10.6. The number of aromatic carboxylic acids is 1. The quantitative estimate of drug-likeness (QED) is 0.885. The molecule has 0 saturated heterocycles. The van der Waals surface area contributed by atoms with E-state index in [9.17, 15) is 4.79 Å². The maximum Gasteiger partial charge on any atom is 0.335 e. The van der Waals surface area contributed by atoms with Crippen molar-refractivity contribution in [2.45, 2.75) is 26.4 Å². The van der Waals surface area contributed by atoms with Gasteiger partial charge in [0.2, 0.25) is 5.88 Å². The molecule has 0 unspecified atom stereocenters. The molecule has 22 heavy (non-hydrogen) atoms. The first-order valence-corrected chi connectivity index (χ1v) is 7.12. The Balaban J connectivity index is 2.17. The van der Waals surface area contributed by atoms with Gasteiger partial charge in [0.15, 0.2) is 0 Å². The molecule has 0 amide bonds. The fraction of sp³-hybridized carbons (Fsp3) is 0.294. The summed E-state index contributed by atoms with van der Waals surface area (Å²) in [6.07, 6.45) is 1.68. The third kappa shape index (κ3) is 4.05. The van der Waals surface area contributed by atoms with Crippen LogP contribution in [0.2, 0.25) is 0 Å². The molecule has 1 heterocycles. The second-order valence-electron chi connectivity index (χ2n) is 5.41. The Hall–Kier alpha value is -2.40. The second-order valence-corrected chi connectivity index (χ2v) is 5.41. The maximum atomic E-state index is 10.9. The molecule has 0 atom stereocenters. The monoisotopic (exact) mass is 300 g/mol. The zero-order valence-electron chi connectivity index (χ0n) is 13.0. The third-order valence-electron chi connectivity index (χ3n) is 3.47. The average molecular weight is 300 g/mol. The number of rotatable bonds is 6. The number of carbonyl (C=O) groups is 1. The van der Waals surface area contributed by atoms with Gasteiger partial charge in [0.1, 0.15) is 5.75 Å². The number of carboxylic acid groups (broad SMARTS) is 1. The molecule has 0 fully saturated rings. The normalized spacial score (nSPS) is 11.0. The van der Waals surface area contributed by atoms with Gasteiger partial charge in [0, 0.05) is 24.3 Å². The van der Waals surface area contributed by atoms with Gasteiger partial charge in [-0.15, -0.1) is 0 Å². The average Bonchev–Trinajstić information content (AvgIpc) is 2.49. The molecule has 2 rings (SSSR count). The van der Waals surface area contributed by atoms with E-state index in [0.717, 1.165) is 12.1 Å². The van der Waals surface area contributed by atoms with Crippen LogP contribution >= 0.6 is 0 Å². The lowest BCUT2D eigenvalue weighted by molar-refractivity contribution is 0.0697. The van der Waals surface area contributed by atoms with E-state index in [1.165, 1.54) is 12.1 Å². The summed E-state index contributed by atoms with van der Waals surface area (Å²) in [5, 5.41) is 8.90. The van der Waals surface area contributed by atoms with Crippen LogP contribution in [0.3, 0.4) is 0 Å². The van der Waals surface area contributed by atoms with Crippen molar-refractivity contribution in [3.05, 3.63) is 53.7 Å². The first-order valence-electron chi connectivity index (χ1n) is 7.12. The van der Waals surface area contributed by atoms with E-state index in [2.05, 4.69) is 23.7 Å². The van der Waals surface area contributed by atoms with E-state index in [0.29, 0.717) is 17.7 Å². The predicted molar refractivity (Wildman–Crippen MR) is 84.3 cm³/mol. The molecule has 1 N–H and O–H groups in total. The highest BCUT2D eigenvalue weighted by Crippen LogP contribution is 2.24. The van der Waals surface area contributed by atoms with Crippen LogP contribution in [0.15, 0.2) is 42.6 Å². The Kier molecular flexibility index (Phi) is 5.12. The van der Waals surface area contributed by atoms with Gasteiger partial charge in [-0.1, -0.05) is 6.07 Å². The van der Waals surface area contributed by atoms with Crippen molar-refractivity contribution in [2.24, 2.45) is 0 Å². The molecule has 0 radical (unpaired) electrons. The first-order chi connectivity index (χ1) is 10.5. The minimum absolute atomic E-state index is 0.230. The molecule has 2 aromatic rings. The minimum atomic E-state index is -0.955. The molecule has 5 nitrogen and oxygen atoms in total. The fourth-order valence-corrected chi connectivity index (χ4v) is 1.86. The summed E-state index contributed by atoms with van der Waals surface area (Å²) in [5.74, 6) is 0.152. The first kappa shape index (κ1) is 16.0. The molecule has 5 heteroatoms. The van der Waals surface area contributed by atoms with Gasteiger partial charge < -0.3 is 9.84 Å². The van der Waals surface area contributed by atoms with Crippen LogP contribution in [-0.2, 0) is 6.54 Å². The SMILES string of the molecule is CC(C)N(C)Cc1cccnc1Oc1ccc(C(=O)O)cc1. The zero-order chi connectivity index (χ0) is 16.1. The van der Waals surface area contributed by atoms with Gasteiger partial charge in [-0.05, 0) is 51.2 Å². The Morgan fingerprint density at radius 3 is 2.55 bits per heavy atom. The minimum Gasteiger partial charge on any atom is -0.478 e. The largest absolute Gasteiger partial charge is 0.478 e. The number of pyridine rings is 1.